The van der Waals surface area contributed by atoms with E-state index in [4.69, 9.17) is 0 Å². The maximum absolute atomic E-state index is 9.22. The van der Waals surface area contributed by atoms with Crippen molar-refractivity contribution in [1.82, 2.24) is 9.55 Å². The molecule has 3 nitrogen and oxygen atoms in total. The molecule has 0 unspecified atom stereocenters. The molecule has 0 bridgehead atoms. The third kappa shape index (κ3) is 1.83. The number of nitriles is 1. The Morgan fingerprint density at radius 1 is 1.24 bits per heavy atom. The predicted octanol–water partition coefficient (Wildman–Crippen LogP) is 2.88. The molecule has 1 aromatic heterocycles. The molecular weight excluding hydrogens is 210 g/mol. The van der Waals surface area contributed by atoms with Crippen molar-refractivity contribution >= 4 is 0 Å². The molecule has 0 aliphatic heterocycles. The fraction of sp³-hybridized carbons (Fsp3) is 0.286. The molecule has 1 aromatic carbocycles. The van der Waals surface area contributed by atoms with E-state index in [0.717, 1.165) is 22.6 Å². The van der Waals surface area contributed by atoms with Gasteiger partial charge in [0, 0.05) is 12.6 Å². The first kappa shape index (κ1) is 11.4. The summed E-state index contributed by atoms with van der Waals surface area (Å²) >= 11 is 0. The van der Waals surface area contributed by atoms with Crippen LogP contribution in [0.15, 0.2) is 18.2 Å². The number of nitrogens with zero attached hydrogens (tertiary/aromatic N) is 3. The summed E-state index contributed by atoms with van der Waals surface area (Å²) in [7, 11) is 1.87. The van der Waals surface area contributed by atoms with Crippen LogP contribution in [0.5, 0.6) is 0 Å². The van der Waals surface area contributed by atoms with Crippen molar-refractivity contribution < 1.29 is 0 Å². The second-order valence-corrected chi connectivity index (χ2v) is 4.35. The van der Waals surface area contributed by atoms with Crippen LogP contribution in [0.2, 0.25) is 0 Å². The normalized spacial score (nSPS) is 10.3. The highest BCUT2D eigenvalue weighted by Crippen LogP contribution is 2.27. The van der Waals surface area contributed by atoms with Gasteiger partial charge in [-0.05, 0) is 32.4 Å². The smallest absolute Gasteiger partial charge is 0.147 e. The van der Waals surface area contributed by atoms with E-state index in [-0.39, 0.29) is 0 Å². The molecule has 2 aromatic rings. The van der Waals surface area contributed by atoms with E-state index in [9.17, 15) is 5.26 Å². The highest BCUT2D eigenvalue weighted by molar-refractivity contribution is 5.69. The average Bonchev–Trinajstić information content (AvgIpc) is 2.58. The first-order chi connectivity index (χ1) is 8.04. The van der Waals surface area contributed by atoms with Crippen molar-refractivity contribution in [3.8, 4) is 17.3 Å². The van der Waals surface area contributed by atoms with Crippen LogP contribution >= 0.6 is 0 Å². The molecule has 0 aliphatic rings. The van der Waals surface area contributed by atoms with E-state index in [1.54, 1.807) is 0 Å². The van der Waals surface area contributed by atoms with Gasteiger partial charge in [-0.15, -0.1) is 0 Å². The second kappa shape index (κ2) is 4.06. The van der Waals surface area contributed by atoms with Gasteiger partial charge in [-0.1, -0.05) is 17.7 Å². The fourth-order valence-electron chi connectivity index (χ4n) is 1.92. The Labute approximate surface area is 101 Å². The minimum Gasteiger partial charge on any atom is -0.323 e. The summed E-state index contributed by atoms with van der Waals surface area (Å²) in [4.78, 5) is 4.49. The zero-order valence-electron chi connectivity index (χ0n) is 10.6. The van der Waals surface area contributed by atoms with Gasteiger partial charge < -0.3 is 4.57 Å². The molecule has 0 radical (unpaired) electrons. The van der Waals surface area contributed by atoms with Crippen LogP contribution in [0.4, 0.5) is 0 Å². The third-order valence-corrected chi connectivity index (χ3v) is 3.07. The molecule has 0 spiro atoms. The Bertz CT molecular complexity index is 615. The lowest BCUT2D eigenvalue weighted by Crippen LogP contribution is -1.95. The molecule has 0 atom stereocenters. The fourth-order valence-corrected chi connectivity index (χ4v) is 1.92. The Hall–Kier alpha value is -2.08. The molecule has 0 N–H and O–H groups in total. The van der Waals surface area contributed by atoms with Gasteiger partial charge in [-0.3, -0.25) is 0 Å². The number of aryl methyl sites for hydroxylation is 3. The average molecular weight is 225 g/mol. The van der Waals surface area contributed by atoms with E-state index < -0.39 is 0 Å². The molecule has 0 fully saturated rings. The Morgan fingerprint density at radius 2 is 1.94 bits per heavy atom. The lowest BCUT2D eigenvalue weighted by Gasteiger charge is -2.04. The van der Waals surface area contributed by atoms with Crippen molar-refractivity contribution in [2.75, 3.05) is 0 Å². The monoisotopic (exact) mass is 225 g/mol. The summed E-state index contributed by atoms with van der Waals surface area (Å²) in [6.45, 7) is 6.00. The first-order valence-corrected chi connectivity index (χ1v) is 5.55. The minimum atomic E-state index is 0.621. The summed E-state index contributed by atoms with van der Waals surface area (Å²) < 4.78 is 1.83. The molecule has 0 saturated heterocycles. The van der Waals surface area contributed by atoms with Gasteiger partial charge >= 0.3 is 0 Å². The van der Waals surface area contributed by atoms with Crippen molar-refractivity contribution in [3.05, 3.63) is 40.8 Å². The highest BCUT2D eigenvalue weighted by atomic mass is 15.1. The van der Waals surface area contributed by atoms with Crippen LogP contribution in [0.25, 0.3) is 11.3 Å². The number of rotatable bonds is 1. The summed E-state index contributed by atoms with van der Waals surface area (Å²) in [6, 6.07) is 8.45. The zero-order chi connectivity index (χ0) is 12.6. The summed E-state index contributed by atoms with van der Waals surface area (Å²) in [5.74, 6) is 0.859. The molecule has 86 valence electrons. The number of benzene rings is 1. The zero-order valence-corrected chi connectivity index (χ0v) is 10.6. The van der Waals surface area contributed by atoms with Gasteiger partial charge in [-0.25, -0.2) is 4.98 Å². The topological polar surface area (TPSA) is 41.6 Å². The Balaban J connectivity index is 2.73. The standard InChI is InChI=1S/C14H15N3/c1-9-5-6-10(2)12(7-9)14-13(8-15)17(4)11(3)16-14/h5-7H,1-4H3. The van der Waals surface area contributed by atoms with E-state index in [1.807, 2.05) is 32.4 Å². The van der Waals surface area contributed by atoms with Crippen LogP contribution in [-0.2, 0) is 7.05 Å². The predicted molar refractivity (Wildman–Crippen MR) is 67.6 cm³/mol. The maximum atomic E-state index is 9.22. The van der Waals surface area contributed by atoms with E-state index in [0.29, 0.717) is 5.69 Å². The lowest BCUT2D eigenvalue weighted by atomic mass is 10.0. The third-order valence-electron chi connectivity index (χ3n) is 3.07. The van der Waals surface area contributed by atoms with Crippen LogP contribution in [0.1, 0.15) is 22.6 Å². The van der Waals surface area contributed by atoms with E-state index >= 15 is 0 Å². The maximum Gasteiger partial charge on any atom is 0.147 e. The van der Waals surface area contributed by atoms with Crippen LogP contribution in [-0.4, -0.2) is 9.55 Å². The number of aromatic nitrogens is 2. The molecule has 0 saturated carbocycles. The minimum absolute atomic E-state index is 0.621. The van der Waals surface area contributed by atoms with Crippen LogP contribution < -0.4 is 0 Å². The first-order valence-electron chi connectivity index (χ1n) is 5.55. The van der Waals surface area contributed by atoms with Gasteiger partial charge in [0.05, 0.1) is 0 Å². The molecular formula is C14H15N3. The molecule has 17 heavy (non-hydrogen) atoms. The van der Waals surface area contributed by atoms with Crippen LogP contribution in [0.3, 0.4) is 0 Å². The Kier molecular flexibility index (Phi) is 2.72. The van der Waals surface area contributed by atoms with Crippen molar-refractivity contribution in [3.63, 3.8) is 0 Å². The van der Waals surface area contributed by atoms with Gasteiger partial charge in [0.15, 0.2) is 0 Å². The van der Waals surface area contributed by atoms with Crippen molar-refractivity contribution in [1.29, 1.82) is 5.26 Å². The second-order valence-electron chi connectivity index (χ2n) is 4.35. The van der Waals surface area contributed by atoms with Gasteiger partial charge in [-0.2, -0.15) is 5.26 Å². The summed E-state index contributed by atoms with van der Waals surface area (Å²) in [5.41, 5.74) is 4.78. The molecule has 0 amide bonds. The van der Waals surface area contributed by atoms with Gasteiger partial charge in [0.25, 0.3) is 0 Å². The van der Waals surface area contributed by atoms with Crippen molar-refractivity contribution in [2.45, 2.75) is 20.8 Å². The molecule has 1 heterocycles. The number of imidazole rings is 1. The highest BCUT2D eigenvalue weighted by Gasteiger charge is 2.15. The SMILES string of the molecule is Cc1ccc(C)c(-c2nc(C)n(C)c2C#N)c1. The van der Waals surface area contributed by atoms with Crippen molar-refractivity contribution in [2.24, 2.45) is 7.05 Å². The lowest BCUT2D eigenvalue weighted by molar-refractivity contribution is 0.845. The largest absolute Gasteiger partial charge is 0.323 e. The molecule has 0 aliphatic carbocycles. The van der Waals surface area contributed by atoms with E-state index in [1.165, 1.54) is 5.56 Å². The van der Waals surface area contributed by atoms with Gasteiger partial charge in [0.1, 0.15) is 23.3 Å². The summed E-state index contributed by atoms with van der Waals surface area (Å²) in [5, 5.41) is 9.22. The molecule has 3 heteroatoms. The quantitative estimate of drug-likeness (QED) is 0.748. The van der Waals surface area contributed by atoms with E-state index in [2.05, 4.69) is 29.3 Å². The Morgan fingerprint density at radius 3 is 2.59 bits per heavy atom. The van der Waals surface area contributed by atoms with Gasteiger partial charge in [0.2, 0.25) is 0 Å². The molecule has 2 rings (SSSR count). The number of hydrogen-bond acceptors (Lipinski definition) is 2. The number of hydrogen-bond donors (Lipinski definition) is 0. The van der Waals surface area contributed by atoms with Crippen LogP contribution in [0, 0.1) is 32.1 Å². The summed E-state index contributed by atoms with van der Waals surface area (Å²) in [6.07, 6.45) is 0.